The van der Waals surface area contributed by atoms with Gasteiger partial charge in [0.1, 0.15) is 0 Å². The Labute approximate surface area is 119 Å². The van der Waals surface area contributed by atoms with Crippen molar-refractivity contribution in [2.45, 2.75) is 25.6 Å². The molecule has 1 fully saturated rings. The first-order valence-corrected chi connectivity index (χ1v) is 6.58. The van der Waals surface area contributed by atoms with Crippen molar-refractivity contribution in [1.82, 2.24) is 5.32 Å². The number of hydrogen-bond acceptors (Lipinski definition) is 2. The van der Waals surface area contributed by atoms with Gasteiger partial charge in [-0.3, -0.25) is 4.79 Å². The molecule has 20 heavy (non-hydrogen) atoms. The molecule has 3 nitrogen and oxygen atoms in total. The molecule has 0 aromatic heterocycles. The van der Waals surface area contributed by atoms with Gasteiger partial charge < -0.3 is 10.6 Å². The van der Waals surface area contributed by atoms with Crippen molar-refractivity contribution >= 4 is 23.2 Å². The fourth-order valence-electron chi connectivity index (χ4n) is 2.26. The number of rotatable bonds is 2. The van der Waals surface area contributed by atoms with Crippen LogP contribution < -0.4 is 10.6 Å². The van der Waals surface area contributed by atoms with Crippen LogP contribution in [0.15, 0.2) is 18.2 Å². The average Bonchev–Trinajstić information content (AvgIpc) is 2.76. The molecule has 0 saturated carbocycles. The van der Waals surface area contributed by atoms with E-state index >= 15 is 0 Å². The van der Waals surface area contributed by atoms with Crippen molar-refractivity contribution in [2.75, 3.05) is 11.9 Å². The second-order valence-corrected chi connectivity index (χ2v) is 5.31. The molecule has 0 radical (unpaired) electrons. The zero-order chi connectivity index (χ0) is 14.9. The molecule has 1 aliphatic rings. The first-order chi connectivity index (χ1) is 9.29. The lowest BCUT2D eigenvalue weighted by atomic mass is 10.0. The normalized spacial score (nSPS) is 22.9. The first-order valence-electron chi connectivity index (χ1n) is 6.20. The maximum Gasteiger partial charge on any atom is 0.418 e. The minimum Gasteiger partial charge on any atom is -0.324 e. The summed E-state index contributed by atoms with van der Waals surface area (Å²) in [6.07, 6.45) is -3.74. The minimum atomic E-state index is -4.57. The quantitative estimate of drug-likeness (QED) is 0.880. The number of anilines is 1. The van der Waals surface area contributed by atoms with E-state index in [-0.39, 0.29) is 16.6 Å². The van der Waals surface area contributed by atoms with Crippen LogP contribution in [0.1, 0.15) is 18.9 Å². The van der Waals surface area contributed by atoms with Crippen LogP contribution >= 0.6 is 11.6 Å². The highest BCUT2D eigenvalue weighted by Gasteiger charge is 2.35. The lowest BCUT2D eigenvalue weighted by Crippen LogP contribution is -2.39. The number of amides is 1. The molecule has 2 rings (SSSR count). The highest BCUT2D eigenvalue weighted by Crippen LogP contribution is 2.36. The van der Waals surface area contributed by atoms with Gasteiger partial charge in [0.05, 0.1) is 17.3 Å². The molecule has 1 aromatic carbocycles. The van der Waals surface area contributed by atoms with E-state index < -0.39 is 23.7 Å². The Morgan fingerprint density at radius 3 is 2.70 bits per heavy atom. The van der Waals surface area contributed by atoms with Crippen molar-refractivity contribution in [2.24, 2.45) is 5.92 Å². The van der Waals surface area contributed by atoms with Crippen LogP contribution in [0.3, 0.4) is 0 Å². The molecular weight excluding hydrogens is 293 g/mol. The topological polar surface area (TPSA) is 41.1 Å². The molecular formula is C13H14ClF3N2O. The molecule has 0 bridgehead atoms. The Morgan fingerprint density at radius 1 is 1.45 bits per heavy atom. The van der Waals surface area contributed by atoms with Crippen LogP contribution in [-0.2, 0) is 11.0 Å². The molecule has 1 amide bonds. The van der Waals surface area contributed by atoms with Crippen molar-refractivity contribution in [3.63, 3.8) is 0 Å². The van der Waals surface area contributed by atoms with E-state index in [2.05, 4.69) is 10.6 Å². The lowest BCUT2D eigenvalue weighted by Gasteiger charge is -2.18. The molecule has 110 valence electrons. The summed E-state index contributed by atoms with van der Waals surface area (Å²) in [6.45, 7) is 2.57. The summed E-state index contributed by atoms with van der Waals surface area (Å²) in [7, 11) is 0. The Morgan fingerprint density at radius 2 is 2.15 bits per heavy atom. The largest absolute Gasteiger partial charge is 0.418 e. The monoisotopic (exact) mass is 306 g/mol. The van der Waals surface area contributed by atoms with Crippen LogP contribution in [0.5, 0.6) is 0 Å². The number of benzene rings is 1. The standard InChI is InChI=1S/C13H14ClF3N2O/c1-7-4-5-18-11(7)12(20)19-10-3-2-8(14)6-9(10)13(15,16)17/h2-3,6-7,11,18H,4-5H2,1H3,(H,19,20). The molecule has 7 heteroatoms. The van der Waals surface area contributed by atoms with E-state index in [1.54, 1.807) is 0 Å². The number of carbonyl (C=O) groups is 1. The second-order valence-electron chi connectivity index (χ2n) is 4.87. The first kappa shape index (κ1) is 15.1. The van der Waals surface area contributed by atoms with E-state index in [1.165, 1.54) is 12.1 Å². The number of alkyl halides is 3. The number of nitrogens with one attached hydrogen (secondary N) is 2. The number of carbonyl (C=O) groups excluding carboxylic acids is 1. The van der Waals surface area contributed by atoms with E-state index in [1.807, 2.05) is 6.92 Å². The van der Waals surface area contributed by atoms with E-state index in [0.29, 0.717) is 6.54 Å². The Bertz CT molecular complexity index is 519. The Balaban J connectivity index is 2.23. The number of halogens is 4. The van der Waals surface area contributed by atoms with Gasteiger partial charge in [0.2, 0.25) is 5.91 Å². The fraction of sp³-hybridized carbons (Fsp3) is 0.462. The van der Waals surface area contributed by atoms with Gasteiger partial charge in [0.25, 0.3) is 0 Å². The summed E-state index contributed by atoms with van der Waals surface area (Å²) in [5.74, 6) is -0.362. The molecule has 2 unspecified atom stereocenters. The SMILES string of the molecule is CC1CCNC1C(=O)Nc1ccc(Cl)cc1C(F)(F)F. The van der Waals surface area contributed by atoms with Gasteiger partial charge in [-0.1, -0.05) is 18.5 Å². The van der Waals surface area contributed by atoms with Crippen LogP contribution in [0, 0.1) is 5.92 Å². The molecule has 2 atom stereocenters. The smallest absolute Gasteiger partial charge is 0.324 e. The molecule has 1 heterocycles. The maximum absolute atomic E-state index is 12.9. The van der Waals surface area contributed by atoms with Gasteiger partial charge in [0.15, 0.2) is 0 Å². The lowest BCUT2D eigenvalue weighted by molar-refractivity contribution is -0.137. The van der Waals surface area contributed by atoms with Gasteiger partial charge in [-0.2, -0.15) is 13.2 Å². The van der Waals surface area contributed by atoms with Crippen LogP contribution in [0.4, 0.5) is 18.9 Å². The maximum atomic E-state index is 12.9. The van der Waals surface area contributed by atoms with Crippen molar-refractivity contribution in [3.8, 4) is 0 Å². The van der Waals surface area contributed by atoms with Gasteiger partial charge in [-0.25, -0.2) is 0 Å². The third-order valence-electron chi connectivity index (χ3n) is 3.36. The molecule has 1 saturated heterocycles. The third kappa shape index (κ3) is 3.24. The van der Waals surface area contributed by atoms with E-state index in [9.17, 15) is 18.0 Å². The van der Waals surface area contributed by atoms with Crippen LogP contribution in [0.2, 0.25) is 5.02 Å². The zero-order valence-corrected chi connectivity index (χ0v) is 11.5. The molecule has 0 aliphatic carbocycles. The summed E-state index contributed by atoms with van der Waals surface area (Å²) >= 11 is 5.58. The van der Waals surface area contributed by atoms with Crippen molar-refractivity contribution in [1.29, 1.82) is 0 Å². The van der Waals surface area contributed by atoms with Gasteiger partial charge in [-0.05, 0) is 37.1 Å². The van der Waals surface area contributed by atoms with Gasteiger partial charge in [0, 0.05) is 5.02 Å². The van der Waals surface area contributed by atoms with Crippen LogP contribution in [-0.4, -0.2) is 18.5 Å². The molecule has 1 aliphatic heterocycles. The Hall–Kier alpha value is -1.27. The highest BCUT2D eigenvalue weighted by atomic mass is 35.5. The predicted molar refractivity (Wildman–Crippen MR) is 70.7 cm³/mol. The third-order valence-corrected chi connectivity index (χ3v) is 3.60. The van der Waals surface area contributed by atoms with E-state index in [0.717, 1.165) is 12.5 Å². The minimum absolute atomic E-state index is 0.0253. The Kier molecular flexibility index (Phi) is 4.25. The summed E-state index contributed by atoms with van der Waals surface area (Å²) < 4.78 is 38.7. The molecule has 1 aromatic rings. The van der Waals surface area contributed by atoms with Crippen LogP contribution in [0.25, 0.3) is 0 Å². The second kappa shape index (κ2) is 5.61. The summed E-state index contributed by atoms with van der Waals surface area (Å²) in [5.41, 5.74) is -1.21. The average molecular weight is 307 g/mol. The van der Waals surface area contributed by atoms with Gasteiger partial charge in [-0.15, -0.1) is 0 Å². The summed E-state index contributed by atoms with van der Waals surface area (Å²) in [6, 6.07) is 2.83. The van der Waals surface area contributed by atoms with Gasteiger partial charge >= 0.3 is 6.18 Å². The number of hydrogen-bond donors (Lipinski definition) is 2. The van der Waals surface area contributed by atoms with Crippen molar-refractivity contribution < 1.29 is 18.0 Å². The zero-order valence-electron chi connectivity index (χ0n) is 10.7. The summed E-state index contributed by atoms with van der Waals surface area (Å²) in [5, 5.41) is 5.29. The van der Waals surface area contributed by atoms with E-state index in [4.69, 9.17) is 11.6 Å². The fourth-order valence-corrected chi connectivity index (χ4v) is 2.43. The highest BCUT2D eigenvalue weighted by molar-refractivity contribution is 6.30. The summed E-state index contributed by atoms with van der Waals surface area (Å²) in [4.78, 5) is 12.0. The predicted octanol–water partition coefficient (Wildman–Crippen LogP) is 3.30. The van der Waals surface area contributed by atoms with Crippen molar-refractivity contribution in [3.05, 3.63) is 28.8 Å². The molecule has 2 N–H and O–H groups in total. The molecule has 0 spiro atoms.